The lowest BCUT2D eigenvalue weighted by molar-refractivity contribution is -0.152. The molecule has 1 aromatic carbocycles. The predicted octanol–water partition coefficient (Wildman–Crippen LogP) is 4.52. The topological polar surface area (TPSA) is 59.5 Å². The molecule has 0 bridgehead atoms. The molecule has 0 radical (unpaired) electrons. The molecule has 1 aliphatic heterocycles. The minimum Gasteiger partial charge on any atom is -0.456 e. The molecular weight excluding hydrogens is 372 g/mol. The Balaban J connectivity index is 1.26. The number of nitrogens with zero attached hydrogens (tertiary/aromatic N) is 2. The number of carbonyl (C=O) groups excluding carboxylic acids is 2. The quantitative estimate of drug-likeness (QED) is 0.669. The standard InChI is InChI=1S/C22H28N2O3S/c25-20(15-27-21(26)12-11-16-6-1-2-7-16)24-13-5-8-17(14-24)22-23-18-9-3-4-10-19(18)28-22/h3-4,9-10,16-17H,1-2,5-8,11-15H2/t17-/m0/s1. The first-order valence-electron chi connectivity index (χ1n) is 10.5. The highest BCUT2D eigenvalue weighted by Gasteiger charge is 2.27. The van der Waals surface area contributed by atoms with Crippen LogP contribution in [0.15, 0.2) is 24.3 Å². The Kier molecular flexibility index (Phi) is 6.25. The van der Waals surface area contributed by atoms with Gasteiger partial charge in [0.15, 0.2) is 6.61 Å². The number of esters is 1. The predicted molar refractivity (Wildman–Crippen MR) is 110 cm³/mol. The third-order valence-electron chi connectivity index (χ3n) is 6.02. The molecule has 2 heterocycles. The van der Waals surface area contributed by atoms with Gasteiger partial charge in [0.1, 0.15) is 0 Å². The van der Waals surface area contributed by atoms with Gasteiger partial charge in [0, 0.05) is 25.4 Å². The van der Waals surface area contributed by atoms with E-state index in [9.17, 15) is 9.59 Å². The summed E-state index contributed by atoms with van der Waals surface area (Å²) in [6, 6.07) is 8.16. The van der Waals surface area contributed by atoms with Gasteiger partial charge < -0.3 is 9.64 Å². The molecule has 5 nitrogen and oxygen atoms in total. The molecule has 0 unspecified atom stereocenters. The second-order valence-corrected chi connectivity index (χ2v) is 9.11. The third kappa shape index (κ3) is 4.72. The summed E-state index contributed by atoms with van der Waals surface area (Å²) in [5.74, 6) is 0.619. The van der Waals surface area contributed by atoms with E-state index >= 15 is 0 Å². The van der Waals surface area contributed by atoms with Crippen molar-refractivity contribution in [2.24, 2.45) is 5.92 Å². The molecule has 1 atom stereocenters. The fraction of sp³-hybridized carbons (Fsp3) is 0.591. The van der Waals surface area contributed by atoms with Crippen LogP contribution in [-0.4, -0.2) is 41.5 Å². The van der Waals surface area contributed by atoms with Gasteiger partial charge in [0.05, 0.1) is 15.2 Å². The van der Waals surface area contributed by atoms with Crippen molar-refractivity contribution >= 4 is 33.4 Å². The van der Waals surface area contributed by atoms with E-state index in [4.69, 9.17) is 9.72 Å². The molecule has 4 rings (SSSR count). The van der Waals surface area contributed by atoms with Crippen molar-refractivity contribution in [1.82, 2.24) is 9.88 Å². The van der Waals surface area contributed by atoms with Crippen LogP contribution >= 0.6 is 11.3 Å². The molecule has 1 aliphatic carbocycles. The summed E-state index contributed by atoms with van der Waals surface area (Å²) in [6.45, 7) is 1.27. The lowest BCUT2D eigenvalue weighted by atomic mass is 9.99. The Bertz CT molecular complexity index is 795. The lowest BCUT2D eigenvalue weighted by Crippen LogP contribution is -2.41. The Morgan fingerprint density at radius 1 is 1.14 bits per heavy atom. The van der Waals surface area contributed by atoms with Crippen LogP contribution in [0.1, 0.15) is 62.3 Å². The van der Waals surface area contributed by atoms with Crippen LogP contribution in [0.3, 0.4) is 0 Å². The number of likely N-dealkylation sites (tertiary alicyclic amines) is 1. The molecular formula is C22H28N2O3S. The fourth-order valence-corrected chi connectivity index (χ4v) is 5.49. The molecule has 150 valence electrons. The lowest BCUT2D eigenvalue weighted by Gasteiger charge is -2.31. The molecule has 6 heteroatoms. The average Bonchev–Trinajstić information content (AvgIpc) is 3.40. The Hall–Kier alpha value is -1.95. The number of ether oxygens (including phenoxy) is 1. The van der Waals surface area contributed by atoms with Crippen LogP contribution in [0.25, 0.3) is 10.2 Å². The van der Waals surface area contributed by atoms with Gasteiger partial charge in [-0.05, 0) is 37.3 Å². The summed E-state index contributed by atoms with van der Waals surface area (Å²) < 4.78 is 6.45. The van der Waals surface area contributed by atoms with Crippen molar-refractivity contribution in [3.8, 4) is 0 Å². The van der Waals surface area contributed by atoms with Crippen molar-refractivity contribution < 1.29 is 14.3 Å². The molecule has 2 aromatic rings. The highest BCUT2D eigenvalue weighted by molar-refractivity contribution is 7.18. The van der Waals surface area contributed by atoms with Crippen molar-refractivity contribution in [3.05, 3.63) is 29.3 Å². The van der Waals surface area contributed by atoms with E-state index in [0.717, 1.165) is 36.3 Å². The highest BCUT2D eigenvalue weighted by Crippen LogP contribution is 2.33. The number of benzene rings is 1. The van der Waals surface area contributed by atoms with Crippen LogP contribution in [0.5, 0.6) is 0 Å². The van der Waals surface area contributed by atoms with E-state index in [-0.39, 0.29) is 24.4 Å². The minimum absolute atomic E-state index is 0.0833. The zero-order valence-electron chi connectivity index (χ0n) is 16.3. The first-order valence-corrected chi connectivity index (χ1v) is 11.3. The Morgan fingerprint density at radius 2 is 1.96 bits per heavy atom. The van der Waals surface area contributed by atoms with Gasteiger partial charge in [-0.15, -0.1) is 11.3 Å². The number of para-hydroxylation sites is 1. The molecule has 1 saturated carbocycles. The summed E-state index contributed by atoms with van der Waals surface area (Å²) in [6.07, 6.45) is 8.36. The summed E-state index contributed by atoms with van der Waals surface area (Å²) in [5, 5.41) is 1.10. The summed E-state index contributed by atoms with van der Waals surface area (Å²) in [7, 11) is 0. The van der Waals surface area contributed by atoms with Crippen LogP contribution in [0, 0.1) is 5.92 Å². The van der Waals surface area contributed by atoms with Gasteiger partial charge in [-0.25, -0.2) is 4.98 Å². The van der Waals surface area contributed by atoms with Gasteiger partial charge >= 0.3 is 5.97 Å². The van der Waals surface area contributed by atoms with E-state index < -0.39 is 0 Å². The molecule has 0 spiro atoms. The Morgan fingerprint density at radius 3 is 2.79 bits per heavy atom. The molecule has 28 heavy (non-hydrogen) atoms. The SMILES string of the molecule is O=C(CCC1CCCC1)OCC(=O)N1CCC[C@H](c2nc3ccccc3s2)C1. The number of piperidine rings is 1. The molecule has 1 amide bonds. The largest absolute Gasteiger partial charge is 0.456 e. The van der Waals surface area contributed by atoms with Crippen molar-refractivity contribution in [2.75, 3.05) is 19.7 Å². The molecule has 1 aromatic heterocycles. The number of rotatable bonds is 6. The number of hydrogen-bond donors (Lipinski definition) is 0. The van der Waals surface area contributed by atoms with Gasteiger partial charge in [0.2, 0.25) is 0 Å². The highest BCUT2D eigenvalue weighted by atomic mass is 32.1. The van der Waals surface area contributed by atoms with Crippen molar-refractivity contribution in [1.29, 1.82) is 0 Å². The number of carbonyl (C=O) groups is 2. The van der Waals surface area contributed by atoms with Gasteiger partial charge in [-0.2, -0.15) is 0 Å². The van der Waals surface area contributed by atoms with E-state index in [1.54, 1.807) is 11.3 Å². The zero-order chi connectivity index (χ0) is 19.3. The number of thiazole rings is 1. The second kappa shape index (κ2) is 9.03. The van der Waals surface area contributed by atoms with Crippen LogP contribution in [-0.2, 0) is 14.3 Å². The summed E-state index contributed by atoms with van der Waals surface area (Å²) >= 11 is 1.72. The monoisotopic (exact) mass is 400 g/mol. The second-order valence-electron chi connectivity index (χ2n) is 8.05. The van der Waals surface area contributed by atoms with Crippen molar-refractivity contribution in [2.45, 2.75) is 57.3 Å². The molecule has 2 fully saturated rings. The van der Waals surface area contributed by atoms with E-state index in [1.807, 2.05) is 23.1 Å². The third-order valence-corrected chi connectivity index (χ3v) is 7.22. The van der Waals surface area contributed by atoms with E-state index in [1.165, 1.54) is 30.4 Å². The number of amides is 1. The number of hydrogen-bond acceptors (Lipinski definition) is 5. The van der Waals surface area contributed by atoms with E-state index in [0.29, 0.717) is 18.9 Å². The minimum atomic E-state index is -0.236. The maximum absolute atomic E-state index is 12.5. The average molecular weight is 401 g/mol. The van der Waals surface area contributed by atoms with E-state index in [2.05, 4.69) is 6.07 Å². The van der Waals surface area contributed by atoms with Gasteiger partial charge in [0.25, 0.3) is 5.91 Å². The number of fused-ring (bicyclic) bond motifs is 1. The molecule has 2 aliphatic rings. The molecule has 1 saturated heterocycles. The van der Waals surface area contributed by atoms with Crippen LogP contribution < -0.4 is 0 Å². The summed E-state index contributed by atoms with van der Waals surface area (Å²) in [4.78, 5) is 31.1. The summed E-state index contributed by atoms with van der Waals surface area (Å²) in [5.41, 5.74) is 1.03. The van der Waals surface area contributed by atoms with Crippen LogP contribution in [0.2, 0.25) is 0 Å². The van der Waals surface area contributed by atoms with Crippen LogP contribution in [0.4, 0.5) is 0 Å². The molecule has 0 N–H and O–H groups in total. The normalized spacial score (nSPS) is 20.6. The Labute approximate surface area is 170 Å². The van der Waals surface area contributed by atoms with Crippen molar-refractivity contribution in [3.63, 3.8) is 0 Å². The first-order chi connectivity index (χ1) is 13.7. The smallest absolute Gasteiger partial charge is 0.306 e. The first kappa shape index (κ1) is 19.4. The maximum Gasteiger partial charge on any atom is 0.306 e. The maximum atomic E-state index is 12.5. The number of aromatic nitrogens is 1. The fourth-order valence-electron chi connectivity index (χ4n) is 4.40. The van der Waals surface area contributed by atoms with Gasteiger partial charge in [-0.3, -0.25) is 9.59 Å². The zero-order valence-corrected chi connectivity index (χ0v) is 17.1. The van der Waals surface area contributed by atoms with Gasteiger partial charge in [-0.1, -0.05) is 37.8 Å².